The predicted molar refractivity (Wildman–Crippen MR) is 154 cm³/mol. The minimum atomic E-state index is -3.90. The summed E-state index contributed by atoms with van der Waals surface area (Å²) in [7, 11) is -1.04. The number of aryl methyl sites for hydroxylation is 1. The number of amides is 1. The van der Waals surface area contributed by atoms with Gasteiger partial charge in [0, 0.05) is 30.0 Å². The molecule has 1 amide bonds. The molecular formula is C27H30N2O8S3. The van der Waals surface area contributed by atoms with Gasteiger partial charge in [0.05, 0.1) is 16.4 Å². The van der Waals surface area contributed by atoms with Crippen LogP contribution in [0.15, 0.2) is 64.0 Å². The summed E-state index contributed by atoms with van der Waals surface area (Å²) in [5.41, 5.74) is 3.03. The Balaban J connectivity index is 1.41. The Morgan fingerprint density at radius 3 is 2.38 bits per heavy atom. The monoisotopic (exact) mass is 606 g/mol. The standard InChI is InChI=1S/C27H30N2O8S3/c1-18(27(32)33)16-23(30)28-12-14-38-39-15-13-36-24(31)17-40(34,35)22-10-8-21(9-11-22)26-25(19(2)37-29-26)20-6-4-3-5-7-20/h3-11,18H,12-17H2,1-2H3,(H,28,30)(H,32,33). The molecule has 10 nitrogen and oxygen atoms in total. The maximum Gasteiger partial charge on any atom is 0.321 e. The molecule has 0 saturated carbocycles. The number of carbonyl (C=O) groups is 3. The highest BCUT2D eigenvalue weighted by Gasteiger charge is 2.22. The molecule has 0 aliphatic rings. The van der Waals surface area contributed by atoms with Crippen molar-refractivity contribution < 1.29 is 37.2 Å². The minimum absolute atomic E-state index is 0.000552. The molecule has 214 valence electrons. The number of hydrogen-bond donors (Lipinski definition) is 2. The summed E-state index contributed by atoms with van der Waals surface area (Å²) in [6.45, 7) is 3.70. The van der Waals surface area contributed by atoms with Crippen LogP contribution in [-0.4, -0.2) is 66.9 Å². The van der Waals surface area contributed by atoms with Crippen LogP contribution in [0, 0.1) is 12.8 Å². The van der Waals surface area contributed by atoms with E-state index < -0.39 is 33.4 Å². The van der Waals surface area contributed by atoms with Crippen molar-refractivity contribution in [1.29, 1.82) is 0 Å². The highest BCUT2D eigenvalue weighted by Crippen LogP contribution is 2.34. The average molecular weight is 607 g/mol. The van der Waals surface area contributed by atoms with Crippen molar-refractivity contribution >= 4 is 49.3 Å². The molecule has 0 spiro atoms. The van der Waals surface area contributed by atoms with Gasteiger partial charge in [-0.25, -0.2) is 8.42 Å². The van der Waals surface area contributed by atoms with E-state index in [2.05, 4.69) is 10.5 Å². The van der Waals surface area contributed by atoms with E-state index in [4.69, 9.17) is 14.4 Å². The molecule has 0 aliphatic heterocycles. The van der Waals surface area contributed by atoms with E-state index in [-0.39, 0.29) is 23.8 Å². The van der Waals surface area contributed by atoms with Crippen molar-refractivity contribution in [1.82, 2.24) is 10.5 Å². The lowest BCUT2D eigenvalue weighted by molar-refractivity contribution is -0.143. The zero-order chi connectivity index (χ0) is 29.1. The molecule has 1 heterocycles. The molecule has 2 N–H and O–H groups in total. The molecule has 0 aliphatic carbocycles. The number of carboxylic acid groups (broad SMARTS) is 1. The Morgan fingerprint density at radius 1 is 1.02 bits per heavy atom. The second kappa shape index (κ2) is 14.9. The molecule has 13 heteroatoms. The topological polar surface area (TPSA) is 153 Å². The van der Waals surface area contributed by atoms with Gasteiger partial charge in [-0.3, -0.25) is 14.4 Å². The van der Waals surface area contributed by atoms with E-state index in [1.165, 1.54) is 40.6 Å². The van der Waals surface area contributed by atoms with Crippen LogP contribution in [0.2, 0.25) is 0 Å². The van der Waals surface area contributed by atoms with Crippen LogP contribution in [0.5, 0.6) is 0 Å². The molecule has 1 aromatic heterocycles. The number of benzene rings is 2. The summed E-state index contributed by atoms with van der Waals surface area (Å²) in [5.74, 6) is -2.03. The molecule has 40 heavy (non-hydrogen) atoms. The third-order valence-corrected chi connectivity index (χ3v) is 9.63. The normalized spacial score (nSPS) is 12.1. The van der Waals surface area contributed by atoms with Gasteiger partial charge in [0.25, 0.3) is 0 Å². The summed E-state index contributed by atoms with van der Waals surface area (Å²) in [5, 5.41) is 15.6. The van der Waals surface area contributed by atoms with Crippen molar-refractivity contribution in [2.24, 2.45) is 5.92 Å². The summed E-state index contributed by atoms with van der Waals surface area (Å²) in [6.07, 6.45) is -0.0768. The number of nitrogens with one attached hydrogen (secondary N) is 1. The number of rotatable bonds is 15. The average Bonchev–Trinajstić information content (AvgIpc) is 3.31. The van der Waals surface area contributed by atoms with E-state index in [1.807, 2.05) is 37.3 Å². The number of ether oxygens (including phenoxy) is 1. The van der Waals surface area contributed by atoms with Gasteiger partial charge in [-0.1, -0.05) is 76.1 Å². The van der Waals surface area contributed by atoms with Crippen LogP contribution in [-0.2, 0) is 29.0 Å². The van der Waals surface area contributed by atoms with E-state index in [1.54, 1.807) is 12.1 Å². The molecule has 0 saturated heterocycles. The van der Waals surface area contributed by atoms with Gasteiger partial charge in [0.1, 0.15) is 18.1 Å². The number of nitrogens with zero attached hydrogens (tertiary/aromatic N) is 1. The van der Waals surface area contributed by atoms with E-state index >= 15 is 0 Å². The van der Waals surface area contributed by atoms with Gasteiger partial charge in [0.2, 0.25) is 5.91 Å². The third kappa shape index (κ3) is 9.14. The lowest BCUT2D eigenvalue weighted by atomic mass is 10.00. The molecule has 0 radical (unpaired) electrons. The number of carbonyl (C=O) groups excluding carboxylic acids is 2. The predicted octanol–water partition coefficient (Wildman–Crippen LogP) is 4.24. The first kappa shape index (κ1) is 31.2. The Labute approximate surface area is 240 Å². The molecule has 2 aromatic carbocycles. The number of aromatic nitrogens is 1. The molecule has 3 aromatic rings. The number of hydrogen-bond acceptors (Lipinski definition) is 10. The zero-order valence-corrected chi connectivity index (χ0v) is 24.4. The molecular weight excluding hydrogens is 577 g/mol. The van der Waals surface area contributed by atoms with E-state index in [9.17, 15) is 22.8 Å². The maximum atomic E-state index is 12.7. The first-order valence-corrected chi connectivity index (χ1v) is 16.5. The van der Waals surface area contributed by atoms with E-state index in [0.29, 0.717) is 35.1 Å². The Kier molecular flexibility index (Phi) is 11.6. The first-order chi connectivity index (χ1) is 19.1. The van der Waals surface area contributed by atoms with Crippen LogP contribution in [0.3, 0.4) is 0 Å². The van der Waals surface area contributed by atoms with Crippen LogP contribution in [0.1, 0.15) is 19.1 Å². The maximum absolute atomic E-state index is 12.7. The zero-order valence-electron chi connectivity index (χ0n) is 22.0. The SMILES string of the molecule is Cc1onc(-c2ccc(S(=O)(=O)CC(=O)OCCSSCCNC(=O)CC(C)C(=O)O)cc2)c1-c1ccccc1. The van der Waals surface area contributed by atoms with Gasteiger partial charge in [-0.15, -0.1) is 0 Å². The molecule has 0 fully saturated rings. The second-order valence-corrected chi connectivity index (χ2v) is 13.5. The fourth-order valence-corrected chi connectivity index (χ4v) is 6.44. The molecule has 1 atom stereocenters. The lowest BCUT2D eigenvalue weighted by Crippen LogP contribution is -2.28. The molecule has 3 rings (SSSR count). The summed E-state index contributed by atoms with van der Waals surface area (Å²) in [4.78, 5) is 34.5. The van der Waals surface area contributed by atoms with Crippen molar-refractivity contribution in [3.8, 4) is 22.4 Å². The highest BCUT2D eigenvalue weighted by molar-refractivity contribution is 8.76. The second-order valence-electron chi connectivity index (χ2n) is 8.77. The smallest absolute Gasteiger partial charge is 0.321 e. The summed E-state index contributed by atoms with van der Waals surface area (Å²) >= 11 is 0. The van der Waals surface area contributed by atoms with Gasteiger partial charge >= 0.3 is 11.9 Å². The van der Waals surface area contributed by atoms with Crippen LogP contribution in [0.25, 0.3) is 22.4 Å². The molecule has 0 bridgehead atoms. The van der Waals surface area contributed by atoms with Crippen LogP contribution < -0.4 is 5.32 Å². The highest BCUT2D eigenvalue weighted by atomic mass is 33.1. The number of carboxylic acids is 1. The van der Waals surface area contributed by atoms with Crippen molar-refractivity contribution in [3.63, 3.8) is 0 Å². The number of aliphatic carboxylic acids is 1. The van der Waals surface area contributed by atoms with Crippen molar-refractivity contribution in [3.05, 3.63) is 60.4 Å². The van der Waals surface area contributed by atoms with Gasteiger partial charge < -0.3 is 19.7 Å². The number of sulfone groups is 1. The summed E-state index contributed by atoms with van der Waals surface area (Å²) < 4.78 is 35.9. The fourth-order valence-electron chi connectivity index (χ4n) is 3.59. The van der Waals surface area contributed by atoms with E-state index in [0.717, 1.165) is 11.1 Å². The fraction of sp³-hybridized carbons (Fsp3) is 0.333. The minimum Gasteiger partial charge on any atom is -0.481 e. The van der Waals surface area contributed by atoms with Crippen molar-refractivity contribution in [2.45, 2.75) is 25.2 Å². The van der Waals surface area contributed by atoms with Gasteiger partial charge in [-0.2, -0.15) is 0 Å². The van der Waals surface area contributed by atoms with Crippen molar-refractivity contribution in [2.75, 3.05) is 30.4 Å². The molecule has 1 unspecified atom stereocenters. The lowest BCUT2D eigenvalue weighted by Gasteiger charge is -2.08. The number of esters is 1. The van der Waals surface area contributed by atoms with Crippen LogP contribution >= 0.6 is 21.6 Å². The first-order valence-electron chi connectivity index (χ1n) is 12.3. The third-order valence-electron chi connectivity index (χ3n) is 5.65. The van der Waals surface area contributed by atoms with Gasteiger partial charge in [-0.05, 0) is 24.6 Å². The largest absolute Gasteiger partial charge is 0.481 e. The quantitative estimate of drug-likeness (QED) is 0.145. The van der Waals surface area contributed by atoms with Crippen LogP contribution in [0.4, 0.5) is 0 Å². The Hall–Kier alpha value is -3.29. The Morgan fingerprint density at radius 2 is 1.70 bits per heavy atom. The Bertz CT molecular complexity index is 1410. The van der Waals surface area contributed by atoms with Gasteiger partial charge in [0.15, 0.2) is 15.6 Å². The summed E-state index contributed by atoms with van der Waals surface area (Å²) in [6, 6.07) is 15.7.